The van der Waals surface area contributed by atoms with E-state index < -0.39 is 0 Å². The summed E-state index contributed by atoms with van der Waals surface area (Å²) < 4.78 is 5.14. The monoisotopic (exact) mass is 267 g/mol. The van der Waals surface area contributed by atoms with Crippen LogP contribution in [0.25, 0.3) is 11.0 Å². The molecule has 0 N–H and O–H groups in total. The van der Waals surface area contributed by atoms with Crippen molar-refractivity contribution in [2.45, 2.75) is 64.5 Å². The number of nitrogens with zero attached hydrogens (tertiary/aromatic N) is 2. The second kappa shape index (κ2) is 3.50. The Morgan fingerprint density at radius 1 is 1.05 bits per heavy atom. The molecule has 20 heavy (non-hydrogen) atoms. The maximum atomic E-state index is 2.57. The van der Waals surface area contributed by atoms with Crippen molar-refractivity contribution in [3.63, 3.8) is 0 Å². The molecule has 1 aromatic carbocycles. The van der Waals surface area contributed by atoms with Gasteiger partial charge in [0.2, 0.25) is 7.85 Å². The summed E-state index contributed by atoms with van der Waals surface area (Å²) in [7, 11) is 2.30. The highest BCUT2D eigenvalue weighted by Gasteiger charge is 2.41. The first-order valence-electron chi connectivity index (χ1n) is 7.89. The summed E-state index contributed by atoms with van der Waals surface area (Å²) in [5.41, 5.74) is 8.18. The first-order chi connectivity index (χ1) is 9.33. The van der Waals surface area contributed by atoms with Gasteiger partial charge in [0.25, 0.3) is 0 Å². The maximum absolute atomic E-state index is 2.57. The minimum atomic E-state index is 0.304. The summed E-state index contributed by atoms with van der Waals surface area (Å²) in [6, 6.07) is 4.81. The molecule has 2 aliphatic heterocycles. The van der Waals surface area contributed by atoms with Crippen LogP contribution in [0.5, 0.6) is 0 Å². The van der Waals surface area contributed by atoms with Crippen LogP contribution in [0, 0.1) is 0 Å². The van der Waals surface area contributed by atoms with Gasteiger partial charge in [-0.2, -0.15) is 0 Å². The minimum Gasteiger partial charge on any atom is -0.237 e. The average molecular weight is 267 g/mol. The van der Waals surface area contributed by atoms with Gasteiger partial charge >= 0.3 is 0 Å². The summed E-state index contributed by atoms with van der Waals surface area (Å²) in [4.78, 5) is 0. The molecule has 4 rings (SSSR count). The number of aryl methyl sites for hydroxylation is 2. The molecule has 0 fully saturated rings. The molecule has 2 aliphatic rings. The Hall–Kier alpha value is -1.25. The van der Waals surface area contributed by atoms with E-state index in [1.54, 1.807) is 11.1 Å². The number of benzene rings is 1. The summed E-state index contributed by atoms with van der Waals surface area (Å²) in [6.45, 7) is 11.9. The Balaban J connectivity index is 2.20. The van der Waals surface area contributed by atoms with Crippen LogP contribution < -0.4 is 10.3 Å². The third-order valence-electron chi connectivity index (χ3n) is 5.85. The van der Waals surface area contributed by atoms with Crippen LogP contribution in [-0.4, -0.2) is 12.4 Å². The van der Waals surface area contributed by atoms with Crippen molar-refractivity contribution >= 4 is 24.6 Å². The zero-order chi connectivity index (χ0) is 14.3. The van der Waals surface area contributed by atoms with E-state index in [4.69, 9.17) is 0 Å². The number of rotatable bonds is 0. The molecule has 1 aromatic heterocycles. The van der Waals surface area contributed by atoms with Crippen molar-refractivity contribution in [3.05, 3.63) is 23.3 Å². The quantitative estimate of drug-likeness (QED) is 0.506. The molecule has 0 bridgehead atoms. The smallest absolute Gasteiger partial charge is 0.237 e. The van der Waals surface area contributed by atoms with E-state index in [-0.39, 0.29) is 0 Å². The number of aromatic nitrogens is 2. The van der Waals surface area contributed by atoms with E-state index in [0.29, 0.717) is 10.8 Å². The molecule has 3 heterocycles. The molecule has 0 aliphatic carbocycles. The van der Waals surface area contributed by atoms with Crippen molar-refractivity contribution in [1.29, 1.82) is 0 Å². The van der Waals surface area contributed by atoms with Gasteiger partial charge in [-0.05, 0) is 23.7 Å². The highest BCUT2D eigenvalue weighted by atomic mass is 15.2. The first-order valence-corrected chi connectivity index (χ1v) is 7.89. The van der Waals surface area contributed by atoms with E-state index in [9.17, 15) is 0 Å². The van der Waals surface area contributed by atoms with Crippen LogP contribution >= 0.6 is 0 Å². The summed E-state index contributed by atoms with van der Waals surface area (Å²) in [5, 5.41) is 0. The van der Waals surface area contributed by atoms with Gasteiger partial charge in [-0.25, -0.2) is 9.13 Å². The molecule has 0 saturated carbocycles. The fourth-order valence-electron chi connectivity index (χ4n) is 4.29. The number of imidazole rings is 1. The predicted octanol–water partition coefficient (Wildman–Crippen LogP) is 1.55. The largest absolute Gasteiger partial charge is 0.248 e. The lowest BCUT2D eigenvalue weighted by Gasteiger charge is -2.32. The van der Waals surface area contributed by atoms with E-state index in [2.05, 4.69) is 56.8 Å². The fourth-order valence-corrected chi connectivity index (χ4v) is 4.29. The molecule has 2 aromatic rings. The molecule has 0 saturated heterocycles. The first kappa shape index (κ1) is 12.5. The highest BCUT2D eigenvalue weighted by molar-refractivity contribution is 6.28. The van der Waals surface area contributed by atoms with E-state index in [1.807, 2.05) is 0 Å². The van der Waals surface area contributed by atoms with Crippen molar-refractivity contribution in [3.8, 4) is 0 Å². The second-order valence-corrected chi connectivity index (χ2v) is 7.98. The fraction of sp³-hybridized carbons (Fsp3) is 0.588. The van der Waals surface area contributed by atoms with Gasteiger partial charge in [-0.1, -0.05) is 39.8 Å². The van der Waals surface area contributed by atoms with Crippen molar-refractivity contribution in [2.75, 3.05) is 0 Å². The van der Waals surface area contributed by atoms with Crippen molar-refractivity contribution in [1.82, 2.24) is 4.57 Å². The Morgan fingerprint density at radius 3 is 2.45 bits per heavy atom. The average Bonchev–Trinajstić information content (AvgIpc) is 2.65. The van der Waals surface area contributed by atoms with E-state index in [0.717, 1.165) is 0 Å². The van der Waals surface area contributed by atoms with E-state index in [1.165, 1.54) is 42.7 Å². The Bertz CT molecular complexity index is 676. The molecule has 3 heteroatoms. The molecule has 0 spiro atoms. The molecule has 0 amide bonds. The Morgan fingerprint density at radius 2 is 1.70 bits per heavy atom. The van der Waals surface area contributed by atoms with Crippen LogP contribution in [0.4, 0.5) is 0 Å². The van der Waals surface area contributed by atoms with Crippen LogP contribution in [0.15, 0.2) is 12.1 Å². The predicted molar refractivity (Wildman–Crippen MR) is 85.6 cm³/mol. The van der Waals surface area contributed by atoms with Gasteiger partial charge < -0.3 is 0 Å². The number of hydrogen-bond acceptors (Lipinski definition) is 0. The lowest BCUT2D eigenvalue weighted by atomic mass is 9.74. The lowest BCUT2D eigenvalue weighted by Crippen LogP contribution is -2.54. The second-order valence-electron chi connectivity index (χ2n) is 7.98. The van der Waals surface area contributed by atoms with E-state index >= 15 is 0 Å². The standard InChI is InChI=1S/C17H24BN2/c1-16(2)7-9-19-13-11(16)5-6-12-14(13)20(15(19)18)10-8-17(12,3)4/h5-6H,7-10,18H2,1-4H3/q+1. The summed E-state index contributed by atoms with van der Waals surface area (Å²) in [6.07, 6.45) is 2.49. The van der Waals surface area contributed by atoms with Gasteiger partial charge in [0, 0.05) is 11.1 Å². The third-order valence-corrected chi connectivity index (χ3v) is 5.85. The third kappa shape index (κ3) is 1.34. The molecule has 0 radical (unpaired) electrons. The Kier molecular flexibility index (Phi) is 2.18. The van der Waals surface area contributed by atoms with Gasteiger partial charge in [0.1, 0.15) is 0 Å². The van der Waals surface area contributed by atoms with Crippen molar-refractivity contribution < 1.29 is 4.57 Å². The molecular weight excluding hydrogens is 243 g/mol. The molecular formula is C17H24BN2+. The minimum absolute atomic E-state index is 0.304. The molecule has 104 valence electrons. The molecule has 0 atom stereocenters. The zero-order valence-electron chi connectivity index (χ0n) is 13.4. The summed E-state index contributed by atoms with van der Waals surface area (Å²) in [5.74, 6) is 0. The molecule has 2 nitrogen and oxygen atoms in total. The van der Waals surface area contributed by atoms with Crippen LogP contribution in [0.2, 0.25) is 0 Å². The highest BCUT2D eigenvalue weighted by Crippen LogP contribution is 2.42. The number of hydrogen-bond donors (Lipinski definition) is 0. The Labute approximate surface area is 122 Å². The molecule has 0 unspecified atom stereocenters. The van der Waals surface area contributed by atoms with Crippen molar-refractivity contribution in [2.24, 2.45) is 0 Å². The topological polar surface area (TPSA) is 8.81 Å². The van der Waals surface area contributed by atoms with Gasteiger partial charge in [-0.15, -0.1) is 0 Å². The maximum Gasteiger partial charge on any atom is 0.248 e. The van der Waals surface area contributed by atoms with Crippen LogP contribution in [-0.2, 0) is 23.9 Å². The van der Waals surface area contributed by atoms with Gasteiger partial charge in [0.05, 0.1) is 13.1 Å². The van der Waals surface area contributed by atoms with Crippen LogP contribution in [0.1, 0.15) is 51.7 Å². The summed E-state index contributed by atoms with van der Waals surface area (Å²) >= 11 is 0. The van der Waals surface area contributed by atoms with Crippen LogP contribution in [0.3, 0.4) is 0 Å². The SMILES string of the molecule is Bc1n2c3c(ccc4c3[n+]1CCC4(C)C)C(C)(C)CC2. The van der Waals surface area contributed by atoms with Gasteiger partial charge in [0.15, 0.2) is 16.8 Å². The van der Waals surface area contributed by atoms with Gasteiger partial charge in [-0.3, -0.25) is 0 Å². The zero-order valence-corrected chi connectivity index (χ0v) is 13.4. The lowest BCUT2D eigenvalue weighted by molar-refractivity contribution is -0.659. The normalized spacial score (nSPS) is 22.2.